The summed E-state index contributed by atoms with van der Waals surface area (Å²) in [4.78, 5) is 0. The summed E-state index contributed by atoms with van der Waals surface area (Å²) in [6.45, 7) is 13.1. The second-order valence-corrected chi connectivity index (χ2v) is 8.93. The van der Waals surface area contributed by atoms with E-state index in [1.807, 2.05) is 45.0 Å². The summed E-state index contributed by atoms with van der Waals surface area (Å²) in [6.07, 6.45) is 3.66. The maximum Gasteiger partial charge on any atom is 0.504 e. The van der Waals surface area contributed by atoms with Crippen LogP contribution in [0.2, 0.25) is 5.54 Å². The molecule has 2 unspecified atom stereocenters. The first-order valence-electron chi connectivity index (χ1n) is 9.70. The normalized spacial score (nSPS) is 14.2. The topological polar surface area (TPSA) is 65.7 Å². The summed E-state index contributed by atoms with van der Waals surface area (Å²) in [5, 5.41) is 3.57. The molecule has 1 aromatic carbocycles. The van der Waals surface area contributed by atoms with Crippen LogP contribution in [0.4, 0.5) is 0 Å². The number of rotatable bonds is 15. The zero-order chi connectivity index (χ0) is 19.3. The van der Waals surface area contributed by atoms with Gasteiger partial charge in [0.25, 0.3) is 0 Å². The van der Waals surface area contributed by atoms with Crippen LogP contribution in [0.5, 0.6) is 0 Å². The van der Waals surface area contributed by atoms with Gasteiger partial charge in [-0.15, -0.1) is 6.58 Å². The summed E-state index contributed by atoms with van der Waals surface area (Å²) >= 11 is 0. The van der Waals surface area contributed by atoms with Crippen molar-refractivity contribution in [3.05, 3.63) is 48.6 Å². The van der Waals surface area contributed by atoms with Crippen molar-refractivity contribution in [2.45, 2.75) is 45.2 Å². The van der Waals surface area contributed by atoms with E-state index >= 15 is 0 Å². The summed E-state index contributed by atoms with van der Waals surface area (Å²) in [7, 11) is -2.75. The maximum absolute atomic E-state index is 6.08. The molecule has 1 rings (SSSR count). The van der Waals surface area contributed by atoms with Crippen molar-refractivity contribution in [3.8, 4) is 0 Å². The summed E-state index contributed by atoms with van der Waals surface area (Å²) in [5.41, 5.74) is 7.27. The predicted octanol–water partition coefficient (Wildman–Crippen LogP) is 3.66. The monoisotopic (exact) mass is 380 g/mol. The van der Waals surface area contributed by atoms with Crippen LogP contribution in [0.3, 0.4) is 0 Å². The highest BCUT2D eigenvalue weighted by Gasteiger charge is 2.48. The molecule has 2 atom stereocenters. The number of nitrogens with one attached hydrogen (secondary N) is 1. The molecule has 148 valence electrons. The minimum Gasteiger partial charge on any atom is -0.374 e. The molecule has 1 aromatic rings. The SMILES string of the molecule is C=CC(NCCC(CCN)[Si](OCC)(OCC)OCC)c1ccccc1. The minimum atomic E-state index is -2.75. The van der Waals surface area contributed by atoms with E-state index in [2.05, 4.69) is 24.0 Å². The molecule has 6 heteroatoms. The lowest BCUT2D eigenvalue weighted by Gasteiger charge is -2.35. The van der Waals surface area contributed by atoms with E-state index in [-0.39, 0.29) is 11.6 Å². The predicted molar refractivity (Wildman–Crippen MR) is 110 cm³/mol. The van der Waals surface area contributed by atoms with Gasteiger partial charge in [0.05, 0.1) is 6.04 Å². The van der Waals surface area contributed by atoms with Gasteiger partial charge in [-0.3, -0.25) is 0 Å². The van der Waals surface area contributed by atoms with Gasteiger partial charge in [0, 0.05) is 25.4 Å². The van der Waals surface area contributed by atoms with Crippen LogP contribution in [0.1, 0.15) is 45.2 Å². The van der Waals surface area contributed by atoms with Gasteiger partial charge in [0.2, 0.25) is 0 Å². The maximum atomic E-state index is 6.08. The van der Waals surface area contributed by atoms with Gasteiger partial charge in [0.15, 0.2) is 0 Å². The zero-order valence-corrected chi connectivity index (χ0v) is 17.6. The Morgan fingerprint density at radius 2 is 1.62 bits per heavy atom. The van der Waals surface area contributed by atoms with Gasteiger partial charge in [-0.05, 0) is 52.3 Å². The van der Waals surface area contributed by atoms with E-state index in [9.17, 15) is 0 Å². The quantitative estimate of drug-likeness (QED) is 0.359. The molecule has 0 aromatic heterocycles. The van der Waals surface area contributed by atoms with E-state index in [1.165, 1.54) is 5.56 Å². The molecule has 26 heavy (non-hydrogen) atoms. The highest BCUT2D eigenvalue weighted by molar-refractivity contribution is 6.62. The Labute approximate surface area is 160 Å². The molecule has 0 saturated carbocycles. The first-order chi connectivity index (χ1) is 12.7. The highest BCUT2D eigenvalue weighted by atomic mass is 28.4. The lowest BCUT2D eigenvalue weighted by atomic mass is 10.1. The minimum absolute atomic E-state index is 0.122. The Morgan fingerprint density at radius 3 is 2.08 bits per heavy atom. The molecule has 5 nitrogen and oxygen atoms in total. The van der Waals surface area contributed by atoms with Crippen LogP contribution in [-0.4, -0.2) is 41.7 Å². The van der Waals surface area contributed by atoms with Crippen molar-refractivity contribution < 1.29 is 13.3 Å². The first kappa shape index (κ1) is 23.0. The largest absolute Gasteiger partial charge is 0.504 e. The molecular formula is C20H36N2O3Si. The van der Waals surface area contributed by atoms with Gasteiger partial charge < -0.3 is 24.3 Å². The molecule has 0 radical (unpaired) electrons. The highest BCUT2D eigenvalue weighted by Crippen LogP contribution is 2.32. The lowest BCUT2D eigenvalue weighted by molar-refractivity contribution is 0.0588. The standard InChI is InChI=1S/C20H36N2O3Si/c1-5-20(18-12-10-9-11-13-18)22-17-15-19(14-16-21)26(23-6-2,24-7-3)25-8-4/h5,9-13,19-20,22H,1,6-8,14-17,21H2,2-4H3. The Bertz CT molecular complexity index is 470. The molecule has 0 bridgehead atoms. The van der Waals surface area contributed by atoms with Crippen molar-refractivity contribution in [1.82, 2.24) is 5.32 Å². The van der Waals surface area contributed by atoms with Crippen molar-refractivity contribution in [3.63, 3.8) is 0 Å². The zero-order valence-electron chi connectivity index (χ0n) is 16.6. The van der Waals surface area contributed by atoms with E-state index in [4.69, 9.17) is 19.0 Å². The Kier molecular flexibility index (Phi) is 11.7. The molecular weight excluding hydrogens is 344 g/mol. The van der Waals surface area contributed by atoms with Gasteiger partial charge in [-0.2, -0.15) is 0 Å². The van der Waals surface area contributed by atoms with Crippen LogP contribution >= 0.6 is 0 Å². The summed E-state index contributed by atoms with van der Waals surface area (Å²) in [6, 6.07) is 10.4. The Hall–Kier alpha value is -1.02. The summed E-state index contributed by atoms with van der Waals surface area (Å²) in [5.74, 6) is 0. The van der Waals surface area contributed by atoms with Crippen LogP contribution in [0.25, 0.3) is 0 Å². The van der Waals surface area contributed by atoms with Crippen LogP contribution < -0.4 is 11.1 Å². The van der Waals surface area contributed by atoms with Gasteiger partial charge in [0.1, 0.15) is 0 Å². The summed E-state index contributed by atoms with van der Waals surface area (Å²) < 4.78 is 18.3. The molecule has 0 aliphatic carbocycles. The molecule has 0 spiro atoms. The third-order valence-electron chi connectivity index (χ3n) is 4.30. The van der Waals surface area contributed by atoms with Crippen LogP contribution in [0.15, 0.2) is 43.0 Å². The second kappa shape index (κ2) is 13.2. The number of hydrogen-bond donors (Lipinski definition) is 2. The average molecular weight is 381 g/mol. The lowest BCUT2D eigenvalue weighted by Crippen LogP contribution is -2.51. The van der Waals surface area contributed by atoms with Crippen LogP contribution in [0, 0.1) is 0 Å². The van der Waals surface area contributed by atoms with E-state index in [0.29, 0.717) is 26.4 Å². The Balaban J connectivity index is 2.79. The fourth-order valence-corrected chi connectivity index (χ4v) is 6.37. The van der Waals surface area contributed by atoms with E-state index < -0.39 is 8.80 Å². The van der Waals surface area contributed by atoms with Crippen molar-refractivity contribution in [1.29, 1.82) is 0 Å². The number of nitrogens with two attached hydrogens (primary N) is 1. The fourth-order valence-electron chi connectivity index (χ4n) is 3.19. The van der Waals surface area contributed by atoms with Gasteiger partial charge in [-0.25, -0.2) is 0 Å². The van der Waals surface area contributed by atoms with Gasteiger partial charge in [-0.1, -0.05) is 36.4 Å². The third-order valence-corrected chi connectivity index (χ3v) is 7.95. The number of hydrogen-bond acceptors (Lipinski definition) is 5. The molecule has 0 heterocycles. The molecule has 0 aliphatic heterocycles. The van der Waals surface area contributed by atoms with Gasteiger partial charge >= 0.3 is 8.80 Å². The van der Waals surface area contributed by atoms with Crippen molar-refractivity contribution in [2.24, 2.45) is 5.73 Å². The number of benzene rings is 1. The molecule has 0 fully saturated rings. The van der Waals surface area contributed by atoms with Crippen molar-refractivity contribution in [2.75, 3.05) is 32.9 Å². The van der Waals surface area contributed by atoms with Crippen molar-refractivity contribution >= 4 is 8.80 Å². The Morgan fingerprint density at radius 1 is 1.04 bits per heavy atom. The molecule has 3 N–H and O–H groups in total. The molecule has 0 aliphatic rings. The first-order valence-corrected chi connectivity index (χ1v) is 11.5. The van der Waals surface area contributed by atoms with E-state index in [1.54, 1.807) is 0 Å². The second-order valence-electron chi connectivity index (χ2n) is 6.04. The molecule has 0 saturated heterocycles. The molecule has 0 amide bonds. The smallest absolute Gasteiger partial charge is 0.374 e. The average Bonchev–Trinajstić information content (AvgIpc) is 2.65. The third kappa shape index (κ3) is 6.94. The van der Waals surface area contributed by atoms with E-state index in [0.717, 1.165) is 19.4 Å². The van der Waals surface area contributed by atoms with Crippen LogP contribution in [-0.2, 0) is 13.3 Å². The fraction of sp³-hybridized carbons (Fsp3) is 0.600.